The number of benzene rings is 2. The summed E-state index contributed by atoms with van der Waals surface area (Å²) in [5.41, 5.74) is 1.42. The molecule has 2 aromatic rings. The first-order valence-electron chi connectivity index (χ1n) is 7.67. The smallest absolute Gasteiger partial charge is 0.0627 e. The lowest BCUT2D eigenvalue weighted by Gasteiger charge is -2.29. The molecule has 0 spiro atoms. The van der Waals surface area contributed by atoms with Crippen LogP contribution in [-0.4, -0.2) is 19.3 Å². The van der Waals surface area contributed by atoms with Crippen LogP contribution in [0.25, 0.3) is 10.8 Å². The Hall–Kier alpha value is -1.38. The molecule has 4 rings (SSSR count). The van der Waals surface area contributed by atoms with Crippen molar-refractivity contribution in [1.82, 2.24) is 5.32 Å². The third kappa shape index (κ3) is 1.87. The van der Waals surface area contributed by atoms with E-state index in [9.17, 15) is 0 Å². The van der Waals surface area contributed by atoms with Crippen LogP contribution in [0.1, 0.15) is 30.9 Å². The van der Waals surface area contributed by atoms with Gasteiger partial charge in [-0.3, -0.25) is 0 Å². The molecule has 1 N–H and O–H groups in total. The van der Waals surface area contributed by atoms with Gasteiger partial charge in [-0.2, -0.15) is 0 Å². The van der Waals surface area contributed by atoms with Crippen molar-refractivity contribution in [2.24, 2.45) is 5.92 Å². The van der Waals surface area contributed by atoms with Crippen LogP contribution < -0.4 is 5.32 Å². The van der Waals surface area contributed by atoms with E-state index in [1.807, 2.05) is 0 Å². The zero-order valence-electron chi connectivity index (χ0n) is 11.9. The van der Waals surface area contributed by atoms with Gasteiger partial charge in [0.1, 0.15) is 0 Å². The molecule has 104 valence electrons. The van der Waals surface area contributed by atoms with E-state index in [0.717, 1.165) is 0 Å². The Morgan fingerprint density at radius 2 is 1.95 bits per heavy atom. The molecule has 4 unspecified atom stereocenters. The molecule has 2 saturated heterocycles. The van der Waals surface area contributed by atoms with E-state index in [-0.39, 0.29) is 0 Å². The fraction of sp³-hybridized carbons (Fsp3) is 0.444. The van der Waals surface area contributed by atoms with Gasteiger partial charge in [-0.15, -0.1) is 0 Å². The van der Waals surface area contributed by atoms with Crippen LogP contribution in [0.5, 0.6) is 0 Å². The maximum absolute atomic E-state index is 6.06. The number of ether oxygens (including phenoxy) is 1. The summed E-state index contributed by atoms with van der Waals surface area (Å²) in [6, 6.07) is 15.7. The van der Waals surface area contributed by atoms with Crippen LogP contribution in [0.2, 0.25) is 0 Å². The first-order chi connectivity index (χ1) is 9.86. The summed E-state index contributed by atoms with van der Waals surface area (Å²) in [5, 5.41) is 6.26. The van der Waals surface area contributed by atoms with Crippen LogP contribution in [0.4, 0.5) is 0 Å². The van der Waals surface area contributed by atoms with Gasteiger partial charge in [0.15, 0.2) is 0 Å². The molecule has 2 bridgehead atoms. The second-order valence-corrected chi connectivity index (χ2v) is 6.11. The van der Waals surface area contributed by atoms with Crippen molar-refractivity contribution in [1.29, 1.82) is 0 Å². The van der Waals surface area contributed by atoms with E-state index in [2.05, 4.69) is 54.8 Å². The lowest BCUT2D eigenvalue weighted by Crippen LogP contribution is -2.31. The highest BCUT2D eigenvalue weighted by Crippen LogP contribution is 2.45. The molecule has 2 heterocycles. The first kappa shape index (κ1) is 12.4. The molecule has 0 radical (unpaired) electrons. The second kappa shape index (κ2) is 4.87. The normalized spacial score (nSPS) is 29.9. The number of hydrogen-bond acceptors (Lipinski definition) is 2. The Morgan fingerprint density at radius 3 is 2.70 bits per heavy atom. The molecule has 0 amide bonds. The lowest BCUT2D eigenvalue weighted by atomic mass is 9.80. The van der Waals surface area contributed by atoms with Crippen LogP contribution >= 0.6 is 0 Å². The van der Waals surface area contributed by atoms with Gasteiger partial charge in [0, 0.05) is 12.0 Å². The van der Waals surface area contributed by atoms with E-state index >= 15 is 0 Å². The van der Waals surface area contributed by atoms with Crippen LogP contribution in [0.15, 0.2) is 42.5 Å². The minimum absolute atomic E-state index is 0.399. The van der Waals surface area contributed by atoms with Crippen molar-refractivity contribution < 1.29 is 4.74 Å². The number of hydrogen-bond donors (Lipinski definition) is 1. The highest BCUT2D eigenvalue weighted by atomic mass is 16.5. The molecule has 0 aliphatic carbocycles. The molecular formula is C18H21NO. The molecule has 4 atom stereocenters. The molecule has 0 saturated carbocycles. The van der Waals surface area contributed by atoms with Gasteiger partial charge in [-0.25, -0.2) is 0 Å². The largest absolute Gasteiger partial charge is 0.375 e. The van der Waals surface area contributed by atoms with Crippen molar-refractivity contribution in [3.63, 3.8) is 0 Å². The molecule has 20 heavy (non-hydrogen) atoms. The van der Waals surface area contributed by atoms with Gasteiger partial charge in [0.05, 0.1) is 12.2 Å². The summed E-state index contributed by atoms with van der Waals surface area (Å²) < 4.78 is 6.06. The Morgan fingerprint density at radius 1 is 1.10 bits per heavy atom. The maximum atomic E-state index is 6.06. The van der Waals surface area contributed by atoms with Crippen molar-refractivity contribution >= 4 is 10.8 Å². The molecule has 2 nitrogen and oxygen atoms in total. The van der Waals surface area contributed by atoms with Gasteiger partial charge in [0.25, 0.3) is 0 Å². The molecule has 0 aromatic heterocycles. The summed E-state index contributed by atoms with van der Waals surface area (Å²) in [7, 11) is 2.08. The lowest BCUT2D eigenvalue weighted by molar-refractivity contribution is 0.0864. The Labute approximate surface area is 120 Å². The summed E-state index contributed by atoms with van der Waals surface area (Å²) in [6.45, 7) is 0. The van der Waals surface area contributed by atoms with Gasteiger partial charge in [-0.1, -0.05) is 42.5 Å². The monoisotopic (exact) mass is 267 g/mol. The predicted molar refractivity (Wildman–Crippen MR) is 81.8 cm³/mol. The van der Waals surface area contributed by atoms with Gasteiger partial charge in [-0.05, 0) is 42.6 Å². The molecule has 2 heteroatoms. The zero-order valence-corrected chi connectivity index (χ0v) is 11.9. The predicted octanol–water partition coefficient (Wildman–Crippen LogP) is 3.67. The van der Waals surface area contributed by atoms with Gasteiger partial charge >= 0.3 is 0 Å². The Kier molecular flexibility index (Phi) is 3.01. The van der Waals surface area contributed by atoms with Gasteiger partial charge < -0.3 is 10.1 Å². The highest BCUT2D eigenvalue weighted by molar-refractivity contribution is 5.86. The van der Waals surface area contributed by atoms with Crippen molar-refractivity contribution in [3.05, 3.63) is 48.0 Å². The molecule has 2 aliphatic heterocycles. The SMILES string of the molecule is CNC(c1cccc2ccccc12)C1CC2CCC1O2. The summed E-state index contributed by atoms with van der Waals surface area (Å²) in [4.78, 5) is 0. The zero-order chi connectivity index (χ0) is 13.5. The third-order valence-corrected chi connectivity index (χ3v) is 5.05. The number of nitrogens with one attached hydrogen (secondary N) is 1. The van der Waals surface area contributed by atoms with E-state index in [1.165, 1.54) is 35.6 Å². The highest BCUT2D eigenvalue weighted by Gasteiger charge is 2.44. The van der Waals surface area contributed by atoms with Crippen molar-refractivity contribution in [3.8, 4) is 0 Å². The van der Waals surface area contributed by atoms with Crippen molar-refractivity contribution in [2.45, 2.75) is 37.5 Å². The van der Waals surface area contributed by atoms with Crippen LogP contribution in [0, 0.1) is 5.92 Å². The fourth-order valence-corrected chi connectivity index (χ4v) is 4.15. The van der Waals surface area contributed by atoms with Crippen LogP contribution in [0.3, 0.4) is 0 Å². The third-order valence-electron chi connectivity index (χ3n) is 5.05. The second-order valence-electron chi connectivity index (χ2n) is 6.11. The standard InChI is InChI=1S/C18H21NO/c1-19-18(16-11-13-9-10-17(16)20-13)15-8-4-6-12-5-2-3-7-14(12)15/h2-8,13,16-19H,9-11H2,1H3. The minimum Gasteiger partial charge on any atom is -0.375 e. The average Bonchev–Trinajstić information content (AvgIpc) is 3.11. The van der Waals surface area contributed by atoms with E-state index in [1.54, 1.807) is 0 Å². The minimum atomic E-state index is 0.399. The molecule has 2 aliphatic rings. The maximum Gasteiger partial charge on any atom is 0.0627 e. The fourth-order valence-electron chi connectivity index (χ4n) is 4.15. The van der Waals surface area contributed by atoms with E-state index in [0.29, 0.717) is 24.2 Å². The Balaban J connectivity index is 1.76. The number of rotatable bonds is 3. The molecular weight excluding hydrogens is 246 g/mol. The van der Waals surface area contributed by atoms with Crippen molar-refractivity contribution in [2.75, 3.05) is 7.05 Å². The summed E-state index contributed by atoms with van der Waals surface area (Å²) in [6.07, 6.45) is 4.66. The quantitative estimate of drug-likeness (QED) is 0.916. The average molecular weight is 267 g/mol. The first-order valence-corrected chi connectivity index (χ1v) is 7.67. The van der Waals surface area contributed by atoms with E-state index < -0.39 is 0 Å². The molecule has 2 aromatic carbocycles. The number of fused-ring (bicyclic) bond motifs is 3. The van der Waals surface area contributed by atoms with Crippen LogP contribution in [-0.2, 0) is 4.74 Å². The van der Waals surface area contributed by atoms with Gasteiger partial charge in [0.2, 0.25) is 0 Å². The molecule has 2 fully saturated rings. The topological polar surface area (TPSA) is 21.3 Å². The Bertz CT molecular complexity index is 618. The van der Waals surface area contributed by atoms with E-state index in [4.69, 9.17) is 4.74 Å². The summed E-state index contributed by atoms with van der Waals surface area (Å²) in [5.74, 6) is 0.615. The summed E-state index contributed by atoms with van der Waals surface area (Å²) >= 11 is 0.